The second kappa shape index (κ2) is 11.4. The van der Waals surface area contributed by atoms with Crippen LogP contribution >= 0.6 is 0 Å². The van der Waals surface area contributed by atoms with E-state index in [0.29, 0.717) is 0 Å². The fourth-order valence-electron chi connectivity index (χ4n) is 11.3. The van der Waals surface area contributed by atoms with Gasteiger partial charge in [-0.25, -0.2) is 0 Å². The van der Waals surface area contributed by atoms with Crippen molar-refractivity contribution in [2.45, 2.75) is 62.2 Å². The molecule has 0 saturated heterocycles. The van der Waals surface area contributed by atoms with Crippen LogP contribution in [0.15, 0.2) is 176 Å². The van der Waals surface area contributed by atoms with E-state index in [1.54, 1.807) is 0 Å². The first-order valence-corrected chi connectivity index (χ1v) is 19.2. The summed E-state index contributed by atoms with van der Waals surface area (Å²) in [4.78, 5) is 2.59. The Morgan fingerprint density at radius 1 is 0.396 bits per heavy atom. The predicted molar refractivity (Wildman–Crippen MR) is 221 cm³/mol. The second-order valence-electron chi connectivity index (χ2n) is 16.8. The van der Waals surface area contributed by atoms with Crippen LogP contribution in [0.2, 0.25) is 0 Å². The number of anilines is 3. The molecule has 1 atom stereocenters. The summed E-state index contributed by atoms with van der Waals surface area (Å²) in [7, 11) is 0. The Morgan fingerprint density at radius 3 is 1.55 bits per heavy atom. The molecule has 3 aliphatic carbocycles. The average Bonchev–Trinajstić information content (AvgIpc) is 3.72. The van der Waals surface area contributed by atoms with E-state index < -0.39 is 5.41 Å². The molecule has 1 heteroatoms. The van der Waals surface area contributed by atoms with Crippen molar-refractivity contribution in [3.63, 3.8) is 0 Å². The number of para-hydroxylation sites is 1. The highest BCUT2D eigenvalue weighted by atomic mass is 15.2. The quantitative estimate of drug-likeness (QED) is 0.175. The second-order valence-corrected chi connectivity index (χ2v) is 16.8. The van der Waals surface area contributed by atoms with E-state index in [2.05, 4.69) is 209 Å². The summed E-state index contributed by atoms with van der Waals surface area (Å²) in [6.07, 6.45) is 2.21. The largest absolute Gasteiger partial charge is 0.310 e. The maximum atomic E-state index is 2.59. The zero-order valence-corrected chi connectivity index (χ0v) is 31.1. The van der Waals surface area contributed by atoms with Gasteiger partial charge in [0.15, 0.2) is 0 Å². The van der Waals surface area contributed by atoms with Crippen molar-refractivity contribution in [3.8, 4) is 11.1 Å². The van der Waals surface area contributed by atoms with Gasteiger partial charge in [0.05, 0.1) is 16.8 Å². The first kappa shape index (κ1) is 32.0. The molecule has 10 rings (SSSR count). The first-order chi connectivity index (χ1) is 25.8. The molecule has 7 aromatic carbocycles. The lowest BCUT2D eigenvalue weighted by Crippen LogP contribution is -2.28. The fraction of sp³-hybridized carbons (Fsp3) is 0.192. The lowest BCUT2D eigenvalue weighted by atomic mass is 9.68. The molecule has 0 radical (unpaired) electrons. The van der Waals surface area contributed by atoms with Crippen LogP contribution in [0.25, 0.3) is 11.1 Å². The van der Waals surface area contributed by atoms with Gasteiger partial charge in [0.1, 0.15) is 0 Å². The van der Waals surface area contributed by atoms with Crippen molar-refractivity contribution in [1.29, 1.82) is 0 Å². The van der Waals surface area contributed by atoms with Crippen molar-refractivity contribution >= 4 is 17.1 Å². The monoisotopic (exact) mass is 683 g/mol. The van der Waals surface area contributed by atoms with Gasteiger partial charge in [-0.1, -0.05) is 179 Å². The van der Waals surface area contributed by atoms with Crippen molar-refractivity contribution in [3.05, 3.63) is 220 Å². The number of hydrogen-bond donors (Lipinski definition) is 0. The van der Waals surface area contributed by atoms with E-state index in [9.17, 15) is 0 Å². The number of fused-ring (bicyclic) bond motifs is 7. The first-order valence-electron chi connectivity index (χ1n) is 19.2. The summed E-state index contributed by atoms with van der Waals surface area (Å²) in [5.41, 5.74) is 17.0. The van der Waals surface area contributed by atoms with Crippen LogP contribution in [0.5, 0.6) is 0 Å². The summed E-state index contributed by atoms with van der Waals surface area (Å²) in [5, 5.41) is 0. The summed E-state index contributed by atoms with van der Waals surface area (Å²) in [5.74, 6) is 0. The molecule has 0 heterocycles. The van der Waals surface area contributed by atoms with Crippen LogP contribution in [0.3, 0.4) is 0 Å². The third-order valence-corrected chi connectivity index (χ3v) is 12.9. The van der Waals surface area contributed by atoms with Crippen LogP contribution in [-0.4, -0.2) is 0 Å². The van der Waals surface area contributed by atoms with E-state index in [0.717, 1.165) is 12.8 Å². The predicted octanol–water partition coefficient (Wildman–Crippen LogP) is 13.2. The lowest BCUT2D eigenvalue weighted by molar-refractivity contribution is 0.350. The molecule has 0 aromatic heterocycles. The summed E-state index contributed by atoms with van der Waals surface area (Å²) < 4.78 is 0. The Labute approximate surface area is 314 Å². The number of nitrogens with zero attached hydrogens (tertiary/aromatic N) is 1. The third kappa shape index (κ3) is 4.37. The molecule has 0 fully saturated rings. The Bertz CT molecular complexity index is 2470. The van der Waals surface area contributed by atoms with Gasteiger partial charge in [-0.3, -0.25) is 0 Å². The third-order valence-electron chi connectivity index (χ3n) is 12.9. The number of benzene rings is 7. The molecule has 258 valence electrons. The molecule has 1 nitrogen and oxygen atoms in total. The minimum Gasteiger partial charge on any atom is -0.310 e. The highest BCUT2D eigenvalue weighted by Crippen LogP contribution is 2.65. The zero-order valence-electron chi connectivity index (χ0n) is 31.1. The van der Waals surface area contributed by atoms with Gasteiger partial charge in [-0.05, 0) is 98.0 Å². The van der Waals surface area contributed by atoms with E-state index >= 15 is 0 Å². The number of hydrogen-bond acceptors (Lipinski definition) is 1. The number of rotatable bonds is 5. The van der Waals surface area contributed by atoms with Gasteiger partial charge in [0.2, 0.25) is 0 Å². The van der Waals surface area contributed by atoms with Crippen LogP contribution in [0, 0.1) is 0 Å². The smallest absolute Gasteiger partial charge is 0.0714 e. The fourth-order valence-corrected chi connectivity index (χ4v) is 11.3. The Balaban J connectivity index is 1.28. The molecule has 0 aliphatic heterocycles. The highest BCUT2D eigenvalue weighted by Gasteiger charge is 2.57. The topological polar surface area (TPSA) is 3.24 Å². The maximum absolute atomic E-state index is 2.59. The molecule has 3 aliphatic rings. The molecule has 7 aromatic rings. The standard InChI is InChI=1S/C52H45N/c1-49(2)34-51(42-29-17-16-28-41(42)49)35-50(3,4)48-44(51)31-19-33-46(48)53(38-24-12-7-13-25-38)45-32-18-30-43-47(45)39-26-14-15-27-40(39)52(43,36-20-8-5-9-21-36)37-22-10-6-11-23-37/h5-33H,34-35H2,1-4H3. The molecular formula is C52H45N. The van der Waals surface area contributed by atoms with Gasteiger partial charge < -0.3 is 4.90 Å². The summed E-state index contributed by atoms with van der Waals surface area (Å²) >= 11 is 0. The molecule has 1 unspecified atom stereocenters. The van der Waals surface area contributed by atoms with Gasteiger partial charge in [-0.2, -0.15) is 0 Å². The Hall–Kier alpha value is -5.66. The minimum atomic E-state index is -0.464. The molecule has 1 spiro atoms. The molecular weight excluding hydrogens is 639 g/mol. The van der Waals surface area contributed by atoms with E-state index in [-0.39, 0.29) is 16.2 Å². The van der Waals surface area contributed by atoms with Crippen LogP contribution in [0.1, 0.15) is 85.0 Å². The van der Waals surface area contributed by atoms with E-state index in [4.69, 9.17) is 0 Å². The molecule has 0 bridgehead atoms. The highest BCUT2D eigenvalue weighted by molar-refractivity contribution is 5.98. The van der Waals surface area contributed by atoms with Gasteiger partial charge in [0, 0.05) is 16.7 Å². The summed E-state index contributed by atoms with van der Waals surface area (Å²) in [6, 6.07) is 66.0. The van der Waals surface area contributed by atoms with Crippen molar-refractivity contribution in [2.75, 3.05) is 4.90 Å². The van der Waals surface area contributed by atoms with Crippen molar-refractivity contribution < 1.29 is 0 Å². The molecule has 0 saturated carbocycles. The van der Waals surface area contributed by atoms with Crippen molar-refractivity contribution in [1.82, 2.24) is 0 Å². The van der Waals surface area contributed by atoms with E-state index in [1.165, 1.54) is 72.7 Å². The molecule has 0 amide bonds. The molecule has 0 N–H and O–H groups in total. The minimum absolute atomic E-state index is 0.0295. The van der Waals surface area contributed by atoms with E-state index in [1.807, 2.05) is 0 Å². The van der Waals surface area contributed by atoms with Crippen LogP contribution in [0.4, 0.5) is 17.1 Å². The molecule has 53 heavy (non-hydrogen) atoms. The zero-order chi connectivity index (χ0) is 36.0. The van der Waals surface area contributed by atoms with Gasteiger partial charge in [-0.15, -0.1) is 0 Å². The lowest BCUT2D eigenvalue weighted by Gasteiger charge is -2.35. The van der Waals surface area contributed by atoms with Gasteiger partial charge >= 0.3 is 0 Å². The SMILES string of the molecule is CC1(C)CC2(CC(C)(C)c3c(N(c4ccccc4)c4cccc5c4-c4ccccc4C5(c4ccccc4)c4ccccc4)cccc32)c2ccccc21. The Morgan fingerprint density at radius 2 is 0.887 bits per heavy atom. The van der Waals surface area contributed by atoms with Crippen molar-refractivity contribution in [2.24, 2.45) is 0 Å². The Kier molecular flexibility index (Phi) is 6.90. The van der Waals surface area contributed by atoms with Gasteiger partial charge in [0.25, 0.3) is 0 Å². The van der Waals surface area contributed by atoms with Crippen LogP contribution < -0.4 is 4.90 Å². The normalized spacial score (nSPS) is 19.3. The maximum Gasteiger partial charge on any atom is 0.0714 e. The van der Waals surface area contributed by atoms with Crippen LogP contribution in [-0.2, 0) is 21.7 Å². The average molecular weight is 684 g/mol. The summed E-state index contributed by atoms with van der Waals surface area (Å²) in [6.45, 7) is 9.87.